The fourth-order valence-electron chi connectivity index (χ4n) is 4.28. The first-order chi connectivity index (χ1) is 16.4. The number of aromatic amines is 2. The van der Waals surface area contributed by atoms with Gasteiger partial charge < -0.3 is 20.2 Å². The monoisotopic (exact) mass is 455 g/mol. The molecule has 5 aromatic rings. The number of nitrogens with zero attached hydrogens (tertiary/aromatic N) is 1. The number of non-ortho nitro benzene ring substituents is 1. The van der Waals surface area contributed by atoms with Crippen LogP contribution in [0.25, 0.3) is 21.8 Å². The lowest BCUT2D eigenvalue weighted by atomic mass is 9.84. The third-order valence-electron chi connectivity index (χ3n) is 5.87. The fourth-order valence-corrected chi connectivity index (χ4v) is 4.28. The topological polar surface area (TPSA) is 149 Å². The minimum absolute atomic E-state index is 0.163. The Bertz CT molecular complexity index is 1600. The number of nitro groups is 1. The highest BCUT2D eigenvalue weighted by Crippen LogP contribution is 2.41. The van der Waals surface area contributed by atoms with Gasteiger partial charge in [-0.3, -0.25) is 19.7 Å². The molecule has 0 saturated heterocycles. The van der Waals surface area contributed by atoms with Crippen LogP contribution in [-0.4, -0.2) is 25.1 Å². The van der Waals surface area contributed by atoms with Crippen molar-refractivity contribution in [3.8, 4) is 11.5 Å². The maximum Gasteiger partial charge on any atom is 0.269 e. The number of H-pyrrole nitrogens is 2. The number of pyridine rings is 2. The number of fused-ring (bicyclic) bond motifs is 2. The van der Waals surface area contributed by atoms with Crippen LogP contribution < -0.4 is 11.1 Å². The normalized spacial score (nSPS) is 11.3. The van der Waals surface area contributed by atoms with Crippen molar-refractivity contribution in [1.82, 2.24) is 9.97 Å². The predicted octanol–water partition coefficient (Wildman–Crippen LogP) is 3.87. The van der Waals surface area contributed by atoms with E-state index in [9.17, 15) is 29.9 Å². The molecular formula is C25H17N3O6. The van der Waals surface area contributed by atoms with Gasteiger partial charge in [0.1, 0.15) is 11.5 Å². The summed E-state index contributed by atoms with van der Waals surface area (Å²) >= 11 is 0. The Morgan fingerprint density at radius 2 is 1.15 bits per heavy atom. The van der Waals surface area contributed by atoms with E-state index >= 15 is 0 Å². The Balaban J connectivity index is 1.88. The molecule has 3 aromatic carbocycles. The molecule has 5 rings (SSSR count). The Morgan fingerprint density at radius 1 is 0.706 bits per heavy atom. The van der Waals surface area contributed by atoms with Crippen LogP contribution in [0.5, 0.6) is 11.5 Å². The Morgan fingerprint density at radius 3 is 1.59 bits per heavy atom. The van der Waals surface area contributed by atoms with E-state index in [1.807, 2.05) is 0 Å². The van der Waals surface area contributed by atoms with E-state index in [-0.39, 0.29) is 28.3 Å². The molecule has 0 aliphatic heterocycles. The van der Waals surface area contributed by atoms with Crippen LogP contribution in [0.1, 0.15) is 22.6 Å². The second kappa shape index (κ2) is 7.89. The zero-order valence-electron chi connectivity index (χ0n) is 17.5. The lowest BCUT2D eigenvalue weighted by molar-refractivity contribution is -0.384. The second-order valence-corrected chi connectivity index (χ2v) is 7.81. The van der Waals surface area contributed by atoms with E-state index in [2.05, 4.69) is 9.97 Å². The number of nitrogens with one attached hydrogen (secondary N) is 2. The summed E-state index contributed by atoms with van der Waals surface area (Å²) in [5.41, 5.74) is -0.737. The predicted molar refractivity (Wildman–Crippen MR) is 127 cm³/mol. The highest BCUT2D eigenvalue weighted by Gasteiger charge is 2.31. The number of aromatic nitrogens is 2. The molecule has 0 radical (unpaired) electrons. The van der Waals surface area contributed by atoms with Crippen molar-refractivity contribution in [2.45, 2.75) is 5.92 Å². The summed E-state index contributed by atoms with van der Waals surface area (Å²) in [6.45, 7) is 0. The van der Waals surface area contributed by atoms with Crippen LogP contribution >= 0.6 is 0 Å². The highest BCUT2D eigenvalue weighted by atomic mass is 16.6. The van der Waals surface area contributed by atoms with Crippen molar-refractivity contribution < 1.29 is 15.1 Å². The molecule has 0 spiro atoms. The minimum Gasteiger partial charge on any atom is -0.507 e. The average molecular weight is 455 g/mol. The smallest absolute Gasteiger partial charge is 0.269 e. The van der Waals surface area contributed by atoms with E-state index in [1.54, 1.807) is 48.5 Å². The van der Waals surface area contributed by atoms with Gasteiger partial charge in [0, 0.05) is 22.9 Å². The van der Waals surface area contributed by atoms with Crippen LogP contribution in [0.3, 0.4) is 0 Å². The van der Waals surface area contributed by atoms with Gasteiger partial charge in [0.05, 0.1) is 33.0 Å². The molecule has 0 aliphatic rings. The summed E-state index contributed by atoms with van der Waals surface area (Å²) < 4.78 is 0. The van der Waals surface area contributed by atoms with Gasteiger partial charge in [-0.2, -0.15) is 0 Å². The lowest BCUT2D eigenvalue weighted by Crippen LogP contribution is -2.24. The van der Waals surface area contributed by atoms with Crippen molar-refractivity contribution >= 4 is 27.5 Å². The van der Waals surface area contributed by atoms with E-state index < -0.39 is 22.0 Å². The van der Waals surface area contributed by atoms with Gasteiger partial charge in [-0.1, -0.05) is 36.4 Å². The maximum absolute atomic E-state index is 13.2. The van der Waals surface area contributed by atoms with Gasteiger partial charge in [0.15, 0.2) is 0 Å². The second-order valence-electron chi connectivity index (χ2n) is 7.81. The van der Waals surface area contributed by atoms with E-state index in [0.29, 0.717) is 27.4 Å². The Kier molecular flexibility index (Phi) is 4.86. The summed E-state index contributed by atoms with van der Waals surface area (Å²) in [5.74, 6) is -1.92. The Labute approximate surface area is 190 Å². The molecule has 0 aliphatic carbocycles. The number of aromatic hydroxyl groups is 2. The van der Waals surface area contributed by atoms with Crippen LogP contribution in [0.2, 0.25) is 0 Å². The number of para-hydroxylation sites is 2. The summed E-state index contributed by atoms with van der Waals surface area (Å²) in [6, 6.07) is 18.5. The van der Waals surface area contributed by atoms with Crippen molar-refractivity contribution in [2.24, 2.45) is 0 Å². The summed E-state index contributed by atoms with van der Waals surface area (Å²) in [4.78, 5) is 42.4. The molecule has 0 unspecified atom stereocenters. The zero-order valence-corrected chi connectivity index (χ0v) is 17.5. The molecule has 9 heteroatoms. The zero-order chi connectivity index (χ0) is 24.0. The van der Waals surface area contributed by atoms with Gasteiger partial charge in [-0.25, -0.2) is 0 Å². The van der Waals surface area contributed by atoms with Crippen molar-refractivity contribution in [3.63, 3.8) is 0 Å². The maximum atomic E-state index is 13.2. The third-order valence-corrected chi connectivity index (χ3v) is 5.87. The fraction of sp³-hybridized carbons (Fsp3) is 0.0400. The highest BCUT2D eigenvalue weighted by molar-refractivity contribution is 5.88. The first kappa shape index (κ1) is 21.0. The molecular weight excluding hydrogens is 438 g/mol. The van der Waals surface area contributed by atoms with Crippen LogP contribution in [-0.2, 0) is 0 Å². The van der Waals surface area contributed by atoms with Gasteiger partial charge in [0.2, 0.25) is 0 Å². The lowest BCUT2D eigenvalue weighted by Gasteiger charge is -2.20. The van der Waals surface area contributed by atoms with Gasteiger partial charge >= 0.3 is 0 Å². The van der Waals surface area contributed by atoms with Crippen LogP contribution in [0.15, 0.2) is 82.4 Å². The number of rotatable bonds is 4. The van der Waals surface area contributed by atoms with E-state index in [0.717, 1.165) is 0 Å². The Hall–Kier alpha value is -4.92. The van der Waals surface area contributed by atoms with Crippen molar-refractivity contribution in [3.05, 3.63) is 120 Å². The number of nitro benzene ring substituents is 1. The number of benzene rings is 3. The summed E-state index contributed by atoms with van der Waals surface area (Å²) in [6.07, 6.45) is 0. The molecule has 2 heterocycles. The molecule has 34 heavy (non-hydrogen) atoms. The molecule has 0 atom stereocenters. The molecule has 2 aromatic heterocycles. The molecule has 4 N–H and O–H groups in total. The molecule has 0 fully saturated rings. The minimum atomic E-state index is -1.22. The molecule has 0 saturated carbocycles. The first-order valence-corrected chi connectivity index (χ1v) is 10.3. The largest absolute Gasteiger partial charge is 0.507 e. The van der Waals surface area contributed by atoms with E-state index in [1.165, 1.54) is 24.3 Å². The van der Waals surface area contributed by atoms with Crippen molar-refractivity contribution in [2.75, 3.05) is 0 Å². The van der Waals surface area contributed by atoms with E-state index in [4.69, 9.17) is 0 Å². The molecule has 0 amide bonds. The number of hydrogen-bond donors (Lipinski definition) is 4. The SMILES string of the molecule is O=c1[nH]c2ccccc2c(O)c1C(c1ccc([N+](=O)[O-])cc1)c1c(O)c2ccccc2[nH]c1=O. The summed E-state index contributed by atoms with van der Waals surface area (Å²) in [5, 5.41) is 34.1. The first-order valence-electron chi connectivity index (χ1n) is 10.3. The van der Waals surface area contributed by atoms with Gasteiger partial charge in [0.25, 0.3) is 16.8 Å². The third kappa shape index (κ3) is 3.27. The summed E-state index contributed by atoms with van der Waals surface area (Å²) in [7, 11) is 0. The van der Waals surface area contributed by atoms with Crippen molar-refractivity contribution in [1.29, 1.82) is 0 Å². The van der Waals surface area contributed by atoms with Crippen LogP contribution in [0, 0.1) is 10.1 Å². The van der Waals surface area contributed by atoms with Gasteiger partial charge in [-0.05, 0) is 29.8 Å². The van der Waals surface area contributed by atoms with Crippen LogP contribution in [0.4, 0.5) is 5.69 Å². The number of hydrogen-bond acceptors (Lipinski definition) is 6. The van der Waals surface area contributed by atoms with Gasteiger partial charge in [-0.15, -0.1) is 0 Å². The standard InChI is InChI=1S/C25H17N3O6/c29-22-15-5-1-3-7-17(15)26-24(31)20(22)19(13-9-11-14(12-10-13)28(33)34)21-23(30)16-6-2-4-8-18(16)27-25(21)32/h1-12,19H,(H2,26,29,31)(H2,27,30,32). The molecule has 0 bridgehead atoms. The molecule has 9 nitrogen and oxygen atoms in total. The molecule has 168 valence electrons. The average Bonchev–Trinajstić information content (AvgIpc) is 2.83. The quantitative estimate of drug-likeness (QED) is 0.239.